The second kappa shape index (κ2) is 7.86. The van der Waals surface area contributed by atoms with Crippen molar-refractivity contribution in [1.29, 1.82) is 0 Å². The Kier molecular flexibility index (Phi) is 5.42. The fourth-order valence-corrected chi connectivity index (χ4v) is 4.31. The minimum absolute atomic E-state index is 0.121. The topological polar surface area (TPSA) is 49.8 Å². The number of hydrogen-bond donors (Lipinski definition) is 1. The number of carboxylic acids is 1. The zero-order chi connectivity index (χ0) is 20.6. The predicted octanol–water partition coefficient (Wildman–Crippen LogP) is 4.86. The second-order valence-corrected chi connectivity index (χ2v) is 8.17. The Morgan fingerprint density at radius 3 is 2.48 bits per heavy atom. The summed E-state index contributed by atoms with van der Waals surface area (Å²) in [6.45, 7) is 1.83. The summed E-state index contributed by atoms with van der Waals surface area (Å²) in [5.74, 6) is -1.52. The summed E-state index contributed by atoms with van der Waals surface area (Å²) in [4.78, 5) is 13.0. The van der Waals surface area contributed by atoms with E-state index in [4.69, 9.17) is 9.84 Å². The van der Waals surface area contributed by atoms with Crippen molar-refractivity contribution in [2.75, 3.05) is 13.1 Å². The summed E-state index contributed by atoms with van der Waals surface area (Å²) < 4.78 is 44.6. The van der Waals surface area contributed by atoms with Crippen LogP contribution in [-0.4, -0.2) is 41.3 Å². The minimum Gasteiger partial charge on any atom is -0.490 e. The van der Waals surface area contributed by atoms with E-state index in [1.165, 1.54) is 0 Å². The normalized spacial score (nSPS) is 23.7. The van der Waals surface area contributed by atoms with Crippen molar-refractivity contribution in [3.63, 3.8) is 0 Å². The molecule has 1 saturated carbocycles. The van der Waals surface area contributed by atoms with Crippen LogP contribution >= 0.6 is 0 Å². The van der Waals surface area contributed by atoms with Crippen LogP contribution in [0.4, 0.5) is 13.2 Å². The maximum absolute atomic E-state index is 12.8. The monoisotopic (exact) mass is 407 g/mol. The van der Waals surface area contributed by atoms with Gasteiger partial charge < -0.3 is 9.84 Å². The van der Waals surface area contributed by atoms with Gasteiger partial charge in [-0.2, -0.15) is 13.2 Å². The molecule has 2 aromatic rings. The molecule has 0 amide bonds. The standard InChI is InChI=1S/C22H24F3NO3/c23-22(24,25)17-5-7-18(8-6-17)29-20-3-1-2-15-10-14(4-9-19(15)20)11-26-12-16(13-26)21(27)28/h1-4,9-10,16-18H,5-8,11-13H2,(H,27,28). The molecule has 1 saturated heterocycles. The molecular formula is C22H24F3NO3. The highest BCUT2D eigenvalue weighted by Crippen LogP contribution is 2.39. The molecule has 0 unspecified atom stereocenters. The second-order valence-electron chi connectivity index (χ2n) is 8.17. The van der Waals surface area contributed by atoms with Crippen molar-refractivity contribution in [3.8, 4) is 5.75 Å². The lowest BCUT2D eigenvalue weighted by Crippen LogP contribution is -2.49. The van der Waals surface area contributed by atoms with E-state index >= 15 is 0 Å². The highest BCUT2D eigenvalue weighted by molar-refractivity contribution is 5.88. The van der Waals surface area contributed by atoms with Gasteiger partial charge in [0, 0.05) is 25.0 Å². The lowest BCUT2D eigenvalue weighted by molar-refractivity contribution is -0.185. The van der Waals surface area contributed by atoms with Crippen molar-refractivity contribution >= 4 is 16.7 Å². The number of benzene rings is 2. The van der Waals surface area contributed by atoms with E-state index in [0.717, 1.165) is 16.3 Å². The molecule has 7 heteroatoms. The number of fused-ring (bicyclic) bond motifs is 1. The average Bonchev–Trinajstić information content (AvgIpc) is 2.64. The maximum atomic E-state index is 12.8. The number of carboxylic acid groups (broad SMARTS) is 1. The van der Waals surface area contributed by atoms with Gasteiger partial charge in [0.05, 0.1) is 17.9 Å². The number of aliphatic carboxylic acids is 1. The van der Waals surface area contributed by atoms with E-state index in [2.05, 4.69) is 11.0 Å². The molecule has 1 aliphatic carbocycles. The summed E-state index contributed by atoms with van der Waals surface area (Å²) in [6.07, 6.45) is -3.22. The first-order valence-corrected chi connectivity index (χ1v) is 10.00. The summed E-state index contributed by atoms with van der Waals surface area (Å²) in [6, 6.07) is 11.8. The third-order valence-corrected chi connectivity index (χ3v) is 6.05. The number of rotatable bonds is 5. The number of alkyl halides is 3. The van der Waals surface area contributed by atoms with Crippen LogP contribution in [0.15, 0.2) is 36.4 Å². The van der Waals surface area contributed by atoms with Crippen LogP contribution in [0, 0.1) is 11.8 Å². The Labute approximate surface area is 167 Å². The largest absolute Gasteiger partial charge is 0.490 e. The highest BCUT2D eigenvalue weighted by Gasteiger charge is 2.41. The molecule has 29 heavy (non-hydrogen) atoms. The van der Waals surface area contributed by atoms with Crippen LogP contribution in [0.3, 0.4) is 0 Å². The van der Waals surface area contributed by atoms with Gasteiger partial charge in [0.25, 0.3) is 0 Å². The number of carbonyl (C=O) groups is 1. The van der Waals surface area contributed by atoms with Crippen LogP contribution in [-0.2, 0) is 11.3 Å². The Bertz CT molecular complexity index is 884. The fraction of sp³-hybridized carbons (Fsp3) is 0.500. The predicted molar refractivity (Wildman–Crippen MR) is 103 cm³/mol. The van der Waals surface area contributed by atoms with Crippen LogP contribution in [0.5, 0.6) is 5.75 Å². The summed E-state index contributed by atoms with van der Waals surface area (Å²) in [7, 11) is 0. The smallest absolute Gasteiger partial charge is 0.391 e. The van der Waals surface area contributed by atoms with Gasteiger partial charge in [0.2, 0.25) is 0 Å². The molecule has 1 N–H and O–H groups in total. The van der Waals surface area contributed by atoms with E-state index in [-0.39, 0.29) is 24.9 Å². The van der Waals surface area contributed by atoms with Gasteiger partial charge in [0.1, 0.15) is 5.75 Å². The summed E-state index contributed by atoms with van der Waals surface area (Å²) in [5, 5.41) is 10.9. The van der Waals surface area contributed by atoms with Crippen molar-refractivity contribution in [1.82, 2.24) is 4.90 Å². The van der Waals surface area contributed by atoms with Gasteiger partial charge in [-0.3, -0.25) is 9.69 Å². The van der Waals surface area contributed by atoms with Crippen molar-refractivity contribution in [2.24, 2.45) is 11.8 Å². The Morgan fingerprint density at radius 1 is 1.10 bits per heavy atom. The van der Waals surface area contributed by atoms with Gasteiger partial charge in [-0.25, -0.2) is 0 Å². The molecule has 2 fully saturated rings. The number of ether oxygens (including phenoxy) is 1. The van der Waals surface area contributed by atoms with Gasteiger partial charge >= 0.3 is 12.1 Å². The summed E-state index contributed by atoms with van der Waals surface area (Å²) in [5.41, 5.74) is 1.10. The SMILES string of the molecule is O=C(O)C1CN(Cc2ccc3c(OC4CCC(C(F)(F)F)CC4)cccc3c2)C1. The molecule has 2 aliphatic rings. The molecule has 0 radical (unpaired) electrons. The zero-order valence-electron chi connectivity index (χ0n) is 16.0. The van der Waals surface area contributed by atoms with Crippen LogP contribution < -0.4 is 4.74 Å². The maximum Gasteiger partial charge on any atom is 0.391 e. The first kappa shape index (κ1) is 20.0. The third kappa shape index (κ3) is 4.50. The van der Waals surface area contributed by atoms with E-state index in [0.29, 0.717) is 38.2 Å². The Morgan fingerprint density at radius 2 is 1.83 bits per heavy atom. The summed E-state index contributed by atoms with van der Waals surface area (Å²) >= 11 is 0. The molecular weight excluding hydrogens is 383 g/mol. The lowest BCUT2D eigenvalue weighted by atomic mass is 9.87. The van der Waals surface area contributed by atoms with Gasteiger partial charge in [-0.05, 0) is 48.8 Å². The van der Waals surface area contributed by atoms with Crippen LogP contribution in [0.25, 0.3) is 10.8 Å². The van der Waals surface area contributed by atoms with Crippen LogP contribution in [0.2, 0.25) is 0 Å². The van der Waals surface area contributed by atoms with Gasteiger partial charge in [0.15, 0.2) is 0 Å². The van der Waals surface area contributed by atoms with E-state index in [1.54, 1.807) is 0 Å². The van der Waals surface area contributed by atoms with E-state index in [1.807, 2.05) is 30.3 Å². The number of halogens is 3. The molecule has 1 heterocycles. The molecule has 4 rings (SSSR count). The van der Waals surface area contributed by atoms with Gasteiger partial charge in [-0.1, -0.05) is 24.3 Å². The first-order chi connectivity index (χ1) is 13.8. The quantitative estimate of drug-likeness (QED) is 0.769. The number of hydrogen-bond acceptors (Lipinski definition) is 3. The van der Waals surface area contributed by atoms with E-state index < -0.39 is 18.1 Å². The van der Waals surface area contributed by atoms with E-state index in [9.17, 15) is 18.0 Å². The average molecular weight is 407 g/mol. The molecule has 2 aromatic carbocycles. The third-order valence-electron chi connectivity index (χ3n) is 6.05. The van der Waals surface area contributed by atoms with Crippen molar-refractivity contribution in [3.05, 3.63) is 42.0 Å². The first-order valence-electron chi connectivity index (χ1n) is 10.00. The molecule has 0 atom stereocenters. The fourth-order valence-electron chi connectivity index (χ4n) is 4.31. The molecule has 4 nitrogen and oxygen atoms in total. The highest BCUT2D eigenvalue weighted by atomic mass is 19.4. The molecule has 0 bridgehead atoms. The number of likely N-dealkylation sites (tertiary alicyclic amines) is 1. The van der Waals surface area contributed by atoms with Crippen LogP contribution in [0.1, 0.15) is 31.2 Å². The molecule has 0 aromatic heterocycles. The molecule has 1 aliphatic heterocycles. The minimum atomic E-state index is -4.11. The van der Waals surface area contributed by atoms with Crippen molar-refractivity contribution < 1.29 is 27.8 Å². The Hall–Kier alpha value is -2.28. The Balaban J connectivity index is 1.40. The lowest BCUT2D eigenvalue weighted by Gasteiger charge is -2.36. The number of nitrogens with zero attached hydrogens (tertiary/aromatic N) is 1. The molecule has 0 spiro atoms. The van der Waals surface area contributed by atoms with Crippen molar-refractivity contribution in [2.45, 2.75) is 44.5 Å². The molecule has 156 valence electrons. The van der Waals surface area contributed by atoms with Gasteiger partial charge in [-0.15, -0.1) is 0 Å². The zero-order valence-corrected chi connectivity index (χ0v) is 16.0.